The van der Waals surface area contributed by atoms with Gasteiger partial charge in [0.05, 0.1) is 6.04 Å². The Balaban J connectivity index is 2.09. The molecule has 0 aromatic heterocycles. The molecule has 19 heavy (non-hydrogen) atoms. The Morgan fingerprint density at radius 3 is 2.74 bits per heavy atom. The van der Waals surface area contributed by atoms with Gasteiger partial charge in [-0.2, -0.15) is 0 Å². The summed E-state index contributed by atoms with van der Waals surface area (Å²) in [5.74, 6) is 6.22. The first-order valence-corrected chi connectivity index (χ1v) is 7.56. The highest BCUT2D eigenvalue weighted by Gasteiger charge is 2.13. The second kappa shape index (κ2) is 6.91. The van der Waals surface area contributed by atoms with E-state index in [-0.39, 0.29) is 0 Å². The fraction of sp³-hybridized carbons (Fsp3) is 0.500. The first kappa shape index (κ1) is 14.3. The van der Waals surface area contributed by atoms with Crippen molar-refractivity contribution < 1.29 is 0 Å². The van der Waals surface area contributed by atoms with Crippen LogP contribution in [0.2, 0.25) is 0 Å². The summed E-state index contributed by atoms with van der Waals surface area (Å²) < 4.78 is 1.08. The van der Waals surface area contributed by atoms with Crippen LogP contribution in [-0.4, -0.2) is 12.0 Å². The molecule has 0 spiro atoms. The van der Waals surface area contributed by atoms with Crippen LogP contribution in [0.25, 0.3) is 0 Å². The molecule has 1 saturated carbocycles. The Bertz CT molecular complexity index is 453. The lowest BCUT2D eigenvalue weighted by Gasteiger charge is -2.20. The standard InChI is InChI=1S/C14H21BrN4/c1-10-12(15)8-5-9-13(10)18-14(19-16)17-11-6-3-2-4-7-11/h5,8-9,11H,2-4,6-7,16H2,1H3,(H2,17,18,19). The molecule has 4 nitrogen and oxygen atoms in total. The number of halogens is 1. The minimum atomic E-state index is 0.389. The number of benzene rings is 1. The van der Waals surface area contributed by atoms with Crippen molar-refractivity contribution in [3.8, 4) is 0 Å². The van der Waals surface area contributed by atoms with E-state index in [1.54, 1.807) is 0 Å². The van der Waals surface area contributed by atoms with Gasteiger partial charge in [0.25, 0.3) is 0 Å². The largest absolute Gasteiger partial charge is 0.325 e. The van der Waals surface area contributed by atoms with Crippen LogP contribution < -0.4 is 16.6 Å². The van der Waals surface area contributed by atoms with E-state index < -0.39 is 0 Å². The number of hydrazine groups is 1. The Labute approximate surface area is 123 Å². The lowest BCUT2D eigenvalue weighted by Crippen LogP contribution is -2.37. The molecule has 1 aliphatic carbocycles. The monoisotopic (exact) mass is 324 g/mol. The van der Waals surface area contributed by atoms with Gasteiger partial charge in [0.15, 0.2) is 0 Å². The summed E-state index contributed by atoms with van der Waals surface area (Å²) in [6, 6.07) is 6.43. The van der Waals surface area contributed by atoms with Crippen molar-refractivity contribution in [2.45, 2.75) is 45.1 Å². The fourth-order valence-corrected chi connectivity index (χ4v) is 2.73. The molecule has 0 radical (unpaired) electrons. The van der Waals surface area contributed by atoms with Crippen molar-refractivity contribution in [1.29, 1.82) is 0 Å². The molecule has 4 N–H and O–H groups in total. The van der Waals surface area contributed by atoms with Crippen LogP contribution in [0, 0.1) is 6.92 Å². The molecular weight excluding hydrogens is 304 g/mol. The van der Waals surface area contributed by atoms with Crippen LogP contribution in [0.3, 0.4) is 0 Å². The summed E-state index contributed by atoms with van der Waals surface area (Å²) in [6.07, 6.45) is 6.17. The zero-order valence-corrected chi connectivity index (χ0v) is 12.8. The molecule has 2 rings (SSSR count). The second-order valence-corrected chi connectivity index (χ2v) is 5.81. The number of hydrogen-bond acceptors (Lipinski definition) is 2. The SMILES string of the molecule is Cc1c(Br)cccc1NC(=NC1CCCCC1)NN. The zero-order valence-electron chi connectivity index (χ0n) is 11.2. The Kier molecular flexibility index (Phi) is 5.22. The van der Waals surface area contributed by atoms with Gasteiger partial charge in [-0.05, 0) is 37.5 Å². The van der Waals surface area contributed by atoms with Crippen molar-refractivity contribution in [2.24, 2.45) is 10.8 Å². The topological polar surface area (TPSA) is 62.4 Å². The highest BCUT2D eigenvalue weighted by molar-refractivity contribution is 9.10. The number of nitrogens with one attached hydrogen (secondary N) is 2. The molecule has 0 amide bonds. The minimum absolute atomic E-state index is 0.389. The maximum absolute atomic E-state index is 5.57. The van der Waals surface area contributed by atoms with Gasteiger partial charge in [0.1, 0.15) is 0 Å². The Morgan fingerprint density at radius 2 is 2.05 bits per heavy atom. The smallest absolute Gasteiger partial charge is 0.210 e. The van der Waals surface area contributed by atoms with E-state index >= 15 is 0 Å². The highest BCUT2D eigenvalue weighted by atomic mass is 79.9. The van der Waals surface area contributed by atoms with Crippen LogP contribution in [0.4, 0.5) is 5.69 Å². The van der Waals surface area contributed by atoms with E-state index in [4.69, 9.17) is 5.84 Å². The Hall–Kier alpha value is -1.07. The summed E-state index contributed by atoms with van der Waals surface area (Å²) >= 11 is 3.52. The number of rotatable bonds is 2. The Morgan fingerprint density at radius 1 is 1.32 bits per heavy atom. The highest BCUT2D eigenvalue weighted by Crippen LogP contribution is 2.24. The molecule has 0 saturated heterocycles. The third-order valence-corrected chi connectivity index (χ3v) is 4.40. The normalized spacial score (nSPS) is 17.3. The lowest BCUT2D eigenvalue weighted by molar-refractivity contribution is 0.442. The van der Waals surface area contributed by atoms with Crippen molar-refractivity contribution in [3.63, 3.8) is 0 Å². The van der Waals surface area contributed by atoms with E-state index in [0.717, 1.165) is 28.6 Å². The maximum atomic E-state index is 5.57. The fourth-order valence-electron chi connectivity index (χ4n) is 2.37. The molecule has 0 atom stereocenters. The summed E-state index contributed by atoms with van der Waals surface area (Å²) in [7, 11) is 0. The van der Waals surface area contributed by atoms with Gasteiger partial charge in [-0.3, -0.25) is 5.43 Å². The van der Waals surface area contributed by atoms with Crippen LogP contribution >= 0.6 is 15.9 Å². The van der Waals surface area contributed by atoms with Crippen molar-refractivity contribution in [2.75, 3.05) is 5.32 Å². The molecule has 5 heteroatoms. The summed E-state index contributed by atoms with van der Waals surface area (Å²) in [6.45, 7) is 2.06. The van der Waals surface area contributed by atoms with E-state index in [2.05, 4.69) is 38.6 Å². The summed E-state index contributed by atoms with van der Waals surface area (Å²) in [5.41, 5.74) is 4.83. The van der Waals surface area contributed by atoms with Crippen LogP contribution in [0.15, 0.2) is 27.7 Å². The molecular formula is C14H21BrN4. The quantitative estimate of drug-likeness (QED) is 0.338. The number of nitrogens with two attached hydrogens (primary N) is 1. The molecule has 1 fully saturated rings. The minimum Gasteiger partial charge on any atom is -0.325 e. The van der Waals surface area contributed by atoms with Crippen molar-refractivity contribution in [3.05, 3.63) is 28.2 Å². The van der Waals surface area contributed by atoms with Gasteiger partial charge in [-0.25, -0.2) is 10.8 Å². The van der Waals surface area contributed by atoms with Gasteiger partial charge < -0.3 is 5.32 Å². The van der Waals surface area contributed by atoms with Crippen LogP contribution in [0.5, 0.6) is 0 Å². The lowest BCUT2D eigenvalue weighted by atomic mass is 9.96. The van der Waals surface area contributed by atoms with Gasteiger partial charge in [0, 0.05) is 10.2 Å². The zero-order chi connectivity index (χ0) is 13.7. The van der Waals surface area contributed by atoms with E-state index in [0.29, 0.717) is 12.0 Å². The second-order valence-electron chi connectivity index (χ2n) is 4.95. The average Bonchev–Trinajstić information content (AvgIpc) is 2.44. The molecule has 0 bridgehead atoms. The van der Waals surface area contributed by atoms with Gasteiger partial charge in [0.2, 0.25) is 5.96 Å². The van der Waals surface area contributed by atoms with Gasteiger partial charge in [-0.15, -0.1) is 0 Å². The molecule has 1 aromatic carbocycles. The van der Waals surface area contributed by atoms with E-state index in [1.807, 2.05) is 18.2 Å². The third kappa shape index (κ3) is 3.94. The summed E-state index contributed by atoms with van der Waals surface area (Å²) in [5, 5.41) is 3.27. The molecule has 1 aliphatic rings. The molecule has 0 aliphatic heterocycles. The number of guanidine groups is 1. The van der Waals surface area contributed by atoms with Gasteiger partial charge in [-0.1, -0.05) is 41.3 Å². The maximum Gasteiger partial charge on any atom is 0.210 e. The van der Waals surface area contributed by atoms with E-state index in [1.165, 1.54) is 19.3 Å². The van der Waals surface area contributed by atoms with Crippen molar-refractivity contribution >= 4 is 27.6 Å². The predicted molar refractivity (Wildman–Crippen MR) is 84.1 cm³/mol. The predicted octanol–water partition coefficient (Wildman–Crippen LogP) is 3.32. The number of anilines is 1. The van der Waals surface area contributed by atoms with Gasteiger partial charge >= 0.3 is 0 Å². The number of hydrogen-bond donors (Lipinski definition) is 3. The first-order valence-electron chi connectivity index (χ1n) is 6.77. The number of nitrogens with zero attached hydrogens (tertiary/aromatic N) is 1. The third-order valence-electron chi connectivity index (χ3n) is 3.54. The molecule has 0 unspecified atom stereocenters. The van der Waals surface area contributed by atoms with Crippen molar-refractivity contribution in [1.82, 2.24) is 5.43 Å². The average molecular weight is 325 g/mol. The molecule has 1 aromatic rings. The van der Waals surface area contributed by atoms with E-state index in [9.17, 15) is 0 Å². The van der Waals surface area contributed by atoms with Crippen LogP contribution in [-0.2, 0) is 0 Å². The first-order chi connectivity index (χ1) is 9.20. The molecule has 0 heterocycles. The van der Waals surface area contributed by atoms with Crippen LogP contribution in [0.1, 0.15) is 37.7 Å². The number of aliphatic imine (C=N–C) groups is 1. The molecule has 104 valence electrons. The summed E-state index contributed by atoms with van der Waals surface area (Å²) in [4.78, 5) is 4.67.